The molecule has 3 heterocycles. The Bertz CT molecular complexity index is 1220. The van der Waals surface area contributed by atoms with E-state index in [4.69, 9.17) is 20.3 Å². The summed E-state index contributed by atoms with van der Waals surface area (Å²) in [5.74, 6) is -0.289. The number of ether oxygens (including phenoxy) is 1. The van der Waals surface area contributed by atoms with Gasteiger partial charge >= 0.3 is 66.9 Å². The number of nitrogen functional groups attached to an aromatic ring is 1. The standard InChI is InChI=1S/C10H16N5O14P3.2Na/c11-10-13-7-4(8(18)14-10)12-2-15(7)9-6(17)5(16)3(27-9)1-26-31(22,23)29-32(24,25)28-30(19,20)21;;/h2-3,5-6,9,16-17H,1H2,(H,22,23)(H,24,25)(H2,19,20,21)(H3,11,13,14,18);;/q;2*+1/p-2/t3-,5-,6-,9-;;/m1../s1. The van der Waals surface area contributed by atoms with E-state index in [2.05, 4.69) is 28.1 Å². The molecule has 1 aliphatic rings. The van der Waals surface area contributed by atoms with Crippen molar-refractivity contribution in [2.45, 2.75) is 24.5 Å². The normalized spacial score (nSPS) is 27.7. The number of nitrogens with two attached hydrogens (primary N) is 1. The molecule has 1 fully saturated rings. The largest absolute Gasteiger partial charge is 1.00 e. The van der Waals surface area contributed by atoms with E-state index in [-0.39, 0.29) is 76.2 Å². The number of aliphatic hydroxyl groups is 2. The van der Waals surface area contributed by atoms with Crippen molar-refractivity contribution >= 4 is 40.6 Å². The van der Waals surface area contributed by atoms with Crippen LogP contribution in [-0.2, 0) is 31.6 Å². The second kappa shape index (κ2) is 11.9. The van der Waals surface area contributed by atoms with Crippen LogP contribution >= 0.6 is 23.5 Å². The summed E-state index contributed by atoms with van der Waals surface area (Å²) in [4.78, 5) is 61.2. The van der Waals surface area contributed by atoms with E-state index >= 15 is 0 Å². The number of hydrogen-bond acceptors (Lipinski definition) is 15. The predicted molar refractivity (Wildman–Crippen MR) is 93.9 cm³/mol. The maximum atomic E-state index is 11.8. The second-order valence-corrected chi connectivity index (χ2v) is 10.5. The molecule has 0 spiro atoms. The third-order valence-corrected chi connectivity index (χ3v) is 7.61. The Kier molecular flexibility index (Phi) is 11.3. The van der Waals surface area contributed by atoms with Gasteiger partial charge in [-0.15, -0.1) is 0 Å². The maximum Gasteiger partial charge on any atom is 1.00 e. The van der Waals surface area contributed by atoms with E-state index < -0.39 is 60.2 Å². The number of hydrogen-bond donors (Lipinski definition) is 6. The molecule has 3 unspecified atom stereocenters. The summed E-state index contributed by atoms with van der Waals surface area (Å²) in [6, 6.07) is 0. The molecule has 2 aromatic heterocycles. The van der Waals surface area contributed by atoms with Crippen molar-refractivity contribution in [3.8, 4) is 0 Å². The molecular formula is C10H14N5Na2O14P3. The number of aliphatic hydroxyl groups excluding tert-OH is 2. The molecule has 1 aliphatic heterocycles. The van der Waals surface area contributed by atoms with Crippen molar-refractivity contribution in [3.63, 3.8) is 0 Å². The Morgan fingerprint density at radius 3 is 2.38 bits per heavy atom. The molecule has 34 heavy (non-hydrogen) atoms. The van der Waals surface area contributed by atoms with Gasteiger partial charge in [-0.1, -0.05) is 0 Å². The zero-order chi connectivity index (χ0) is 24.1. The van der Waals surface area contributed by atoms with Crippen LogP contribution in [0.2, 0.25) is 0 Å². The first-order valence-corrected chi connectivity index (χ1v) is 12.5. The number of nitrogens with zero attached hydrogens (tertiary/aromatic N) is 3. The van der Waals surface area contributed by atoms with Crippen molar-refractivity contribution in [1.29, 1.82) is 0 Å². The molecule has 19 nitrogen and oxygen atoms in total. The van der Waals surface area contributed by atoms with Gasteiger partial charge in [0.15, 0.2) is 17.4 Å². The SMILES string of the molecule is Nc1nc2c(ncn2[C@@H]2O[C@H](COP(=O)([O-])OP(=O)(O)OP(=O)([O-])O)[C@@H](O)[C@H]2O)c(=O)[nH]1.[Na+].[Na+]. The summed E-state index contributed by atoms with van der Waals surface area (Å²) in [5.41, 5.74) is 4.44. The number of phosphoric ester groups is 1. The van der Waals surface area contributed by atoms with Crippen molar-refractivity contribution in [2.75, 3.05) is 12.3 Å². The van der Waals surface area contributed by atoms with Crippen LogP contribution < -0.4 is 80.2 Å². The van der Waals surface area contributed by atoms with E-state index in [1.165, 1.54) is 0 Å². The number of imidazole rings is 1. The van der Waals surface area contributed by atoms with Crippen molar-refractivity contribution in [2.24, 2.45) is 0 Å². The van der Waals surface area contributed by atoms with Crippen LogP contribution in [0.25, 0.3) is 11.2 Å². The fraction of sp³-hybridized carbons (Fsp3) is 0.500. The Morgan fingerprint density at radius 2 is 1.79 bits per heavy atom. The van der Waals surface area contributed by atoms with Gasteiger partial charge in [0.1, 0.15) is 18.3 Å². The van der Waals surface area contributed by atoms with Gasteiger partial charge in [-0.05, 0) is 0 Å². The molecule has 7 atom stereocenters. The predicted octanol–water partition coefficient (Wildman–Crippen LogP) is -9.59. The topological polar surface area (TPSA) is 305 Å². The average Bonchev–Trinajstić information content (AvgIpc) is 3.12. The number of aromatic amines is 1. The first-order chi connectivity index (χ1) is 14.6. The Hall–Kier alpha value is 0.440. The summed E-state index contributed by atoms with van der Waals surface area (Å²) in [5, 5.41) is 20.4. The molecule has 0 bridgehead atoms. The summed E-state index contributed by atoms with van der Waals surface area (Å²) < 4.78 is 50.8. The Morgan fingerprint density at radius 1 is 1.18 bits per heavy atom. The quantitative estimate of drug-likeness (QED) is 0.127. The Labute approximate surface area is 232 Å². The van der Waals surface area contributed by atoms with Gasteiger partial charge in [0, 0.05) is 0 Å². The van der Waals surface area contributed by atoms with Crippen LogP contribution in [0.1, 0.15) is 6.23 Å². The van der Waals surface area contributed by atoms with E-state index in [1.54, 1.807) is 0 Å². The summed E-state index contributed by atoms with van der Waals surface area (Å²) >= 11 is 0. The van der Waals surface area contributed by atoms with Crippen molar-refractivity contribution < 1.29 is 120 Å². The first-order valence-electron chi connectivity index (χ1n) is 8.07. The summed E-state index contributed by atoms with van der Waals surface area (Å²) in [6.07, 6.45) is -5.50. The minimum absolute atomic E-state index is 0. The third kappa shape index (κ3) is 7.97. The molecule has 2 aromatic rings. The Balaban J connectivity index is 0.00000289. The number of nitrogens with one attached hydrogen (secondary N) is 1. The number of rotatable bonds is 8. The van der Waals surface area contributed by atoms with Crippen LogP contribution in [-0.4, -0.2) is 64.4 Å². The van der Waals surface area contributed by atoms with E-state index in [9.17, 15) is 38.5 Å². The minimum atomic E-state index is -5.86. The first kappa shape index (κ1) is 32.5. The number of H-pyrrole nitrogens is 1. The maximum absolute atomic E-state index is 11.8. The van der Waals surface area contributed by atoms with Crippen LogP contribution in [0.3, 0.4) is 0 Å². The molecule has 7 N–H and O–H groups in total. The third-order valence-electron chi connectivity index (χ3n) is 3.87. The van der Waals surface area contributed by atoms with Gasteiger partial charge in [0.25, 0.3) is 21.2 Å². The average molecular weight is 567 g/mol. The van der Waals surface area contributed by atoms with Crippen LogP contribution in [0.5, 0.6) is 0 Å². The van der Waals surface area contributed by atoms with E-state index in [1.807, 2.05) is 0 Å². The zero-order valence-corrected chi connectivity index (χ0v) is 23.9. The monoisotopic (exact) mass is 567 g/mol. The van der Waals surface area contributed by atoms with Gasteiger partial charge in [-0.2, -0.15) is 4.98 Å². The number of anilines is 1. The number of fused-ring (bicyclic) bond motifs is 1. The van der Waals surface area contributed by atoms with Gasteiger partial charge in [-0.3, -0.25) is 23.5 Å². The molecule has 0 radical (unpaired) electrons. The van der Waals surface area contributed by atoms with Crippen molar-refractivity contribution in [1.82, 2.24) is 19.5 Å². The molecule has 0 aromatic carbocycles. The van der Waals surface area contributed by atoms with Gasteiger partial charge in [0.2, 0.25) is 5.95 Å². The molecule has 0 amide bonds. The molecule has 24 heteroatoms. The van der Waals surface area contributed by atoms with Gasteiger partial charge < -0.3 is 44.8 Å². The van der Waals surface area contributed by atoms with Crippen LogP contribution in [0.15, 0.2) is 11.1 Å². The van der Waals surface area contributed by atoms with E-state index in [0.29, 0.717) is 0 Å². The van der Waals surface area contributed by atoms with Crippen molar-refractivity contribution in [3.05, 3.63) is 16.7 Å². The molecule has 180 valence electrons. The fourth-order valence-electron chi connectivity index (χ4n) is 2.69. The smallest absolute Gasteiger partial charge is 0.756 e. The summed E-state index contributed by atoms with van der Waals surface area (Å²) in [7, 11) is -17.5. The second-order valence-electron chi connectivity index (χ2n) is 6.16. The number of aromatic nitrogens is 4. The summed E-state index contributed by atoms with van der Waals surface area (Å²) in [6.45, 7) is -1.09. The van der Waals surface area contributed by atoms with Crippen LogP contribution in [0.4, 0.5) is 5.95 Å². The molecule has 0 aliphatic carbocycles. The van der Waals surface area contributed by atoms with Gasteiger partial charge in [0.05, 0.1) is 12.9 Å². The number of phosphoric acid groups is 3. The van der Waals surface area contributed by atoms with Crippen LogP contribution in [0, 0.1) is 0 Å². The molecular weight excluding hydrogens is 553 g/mol. The zero-order valence-electron chi connectivity index (χ0n) is 17.2. The van der Waals surface area contributed by atoms with Gasteiger partial charge in [-0.25, -0.2) is 18.2 Å². The van der Waals surface area contributed by atoms with E-state index in [0.717, 1.165) is 10.9 Å². The fourth-order valence-corrected chi connectivity index (χ4v) is 5.65. The molecule has 0 saturated carbocycles. The minimum Gasteiger partial charge on any atom is -0.756 e. The molecule has 3 rings (SSSR count). The molecule has 1 saturated heterocycles.